The number of aldehydes is 1. The fraction of sp³-hybridized carbons (Fsp3) is 0.640. The molecule has 1 saturated heterocycles. The van der Waals surface area contributed by atoms with Crippen molar-refractivity contribution in [3.8, 4) is 0 Å². The SMILES string of the molecule is CC(C)(C)CC(=O)N1CCCC1C=O.CNCc1cc(Cl)ccc1CNC(=O)OC(C)(C)C. The number of likely N-dealkylation sites (tertiary alicyclic amines) is 1. The molecule has 0 saturated carbocycles. The van der Waals surface area contributed by atoms with Crippen LogP contribution in [0.25, 0.3) is 0 Å². The van der Waals surface area contributed by atoms with E-state index in [0.717, 1.165) is 36.8 Å². The molecule has 2 rings (SSSR count). The molecule has 1 aromatic carbocycles. The molecule has 7 nitrogen and oxygen atoms in total. The number of nitrogens with one attached hydrogen (secondary N) is 2. The summed E-state index contributed by atoms with van der Waals surface area (Å²) < 4.78 is 5.19. The van der Waals surface area contributed by atoms with Crippen LogP contribution in [0.2, 0.25) is 5.02 Å². The maximum atomic E-state index is 11.8. The molecule has 2 amide bonds. The summed E-state index contributed by atoms with van der Waals surface area (Å²) in [5, 5.41) is 6.50. The van der Waals surface area contributed by atoms with Crippen molar-refractivity contribution in [3.63, 3.8) is 0 Å². The number of rotatable bonds is 6. The fourth-order valence-corrected chi connectivity index (χ4v) is 3.60. The lowest BCUT2D eigenvalue weighted by Gasteiger charge is -2.25. The van der Waals surface area contributed by atoms with Crippen LogP contribution in [0.3, 0.4) is 0 Å². The minimum absolute atomic E-state index is 0.00705. The van der Waals surface area contributed by atoms with Gasteiger partial charge in [-0.2, -0.15) is 0 Å². The van der Waals surface area contributed by atoms with E-state index in [1.807, 2.05) is 66.8 Å². The molecule has 1 fully saturated rings. The molecule has 1 aliphatic rings. The number of amides is 2. The third-order valence-electron chi connectivity index (χ3n) is 4.82. The van der Waals surface area contributed by atoms with Crippen molar-refractivity contribution in [2.75, 3.05) is 13.6 Å². The van der Waals surface area contributed by atoms with E-state index >= 15 is 0 Å². The molecule has 0 bridgehead atoms. The number of carbonyl (C=O) groups is 3. The van der Waals surface area contributed by atoms with Gasteiger partial charge in [-0.05, 0) is 69.3 Å². The lowest BCUT2D eigenvalue weighted by atomic mass is 9.91. The van der Waals surface area contributed by atoms with E-state index in [4.69, 9.17) is 16.3 Å². The van der Waals surface area contributed by atoms with E-state index in [2.05, 4.69) is 10.6 Å². The second-order valence-electron chi connectivity index (χ2n) is 10.5. The zero-order chi connectivity index (χ0) is 25.2. The Balaban J connectivity index is 0.000000346. The highest BCUT2D eigenvalue weighted by atomic mass is 35.5. The Kier molecular flexibility index (Phi) is 11.3. The summed E-state index contributed by atoms with van der Waals surface area (Å²) in [7, 11) is 1.87. The molecule has 1 aliphatic heterocycles. The average molecular weight is 482 g/mol. The Bertz CT molecular complexity index is 800. The Morgan fingerprint density at radius 3 is 2.36 bits per heavy atom. The standard InChI is InChI=1S/C14H21ClN2O2.C11H19NO2/c1-14(2,3)19-13(18)17-9-10-5-6-12(15)7-11(10)8-16-4;1-11(2,3)7-10(14)12-6-4-5-9(12)8-13/h5-7,16H,8-9H2,1-4H3,(H,17,18);8-9H,4-7H2,1-3H3. The topological polar surface area (TPSA) is 87.7 Å². The molecule has 1 heterocycles. The predicted molar refractivity (Wildman–Crippen MR) is 132 cm³/mol. The van der Waals surface area contributed by atoms with Gasteiger partial charge in [0.05, 0.1) is 6.04 Å². The third-order valence-corrected chi connectivity index (χ3v) is 5.05. The van der Waals surface area contributed by atoms with E-state index < -0.39 is 11.7 Å². The first-order valence-corrected chi connectivity index (χ1v) is 11.8. The second-order valence-corrected chi connectivity index (χ2v) is 10.9. The van der Waals surface area contributed by atoms with E-state index in [-0.39, 0.29) is 17.4 Å². The molecule has 8 heteroatoms. The van der Waals surface area contributed by atoms with E-state index in [0.29, 0.717) is 24.5 Å². The lowest BCUT2D eigenvalue weighted by Crippen LogP contribution is -2.38. The predicted octanol–water partition coefficient (Wildman–Crippen LogP) is 4.70. The quantitative estimate of drug-likeness (QED) is 0.575. The number of alkyl carbamates (subject to hydrolysis) is 1. The highest BCUT2D eigenvalue weighted by Gasteiger charge is 2.30. The molecule has 186 valence electrons. The van der Waals surface area contributed by atoms with Crippen LogP contribution in [0.5, 0.6) is 0 Å². The van der Waals surface area contributed by atoms with Crippen LogP contribution in [0.1, 0.15) is 71.9 Å². The summed E-state index contributed by atoms with van der Waals surface area (Å²) in [6.07, 6.45) is 2.79. The maximum Gasteiger partial charge on any atom is 0.407 e. The minimum atomic E-state index is -0.488. The van der Waals surface area contributed by atoms with Gasteiger partial charge in [-0.25, -0.2) is 4.79 Å². The van der Waals surface area contributed by atoms with Crippen molar-refractivity contribution < 1.29 is 19.1 Å². The van der Waals surface area contributed by atoms with Crippen LogP contribution in [0, 0.1) is 5.41 Å². The summed E-state index contributed by atoms with van der Waals surface area (Å²) in [4.78, 5) is 35.8. The number of benzene rings is 1. The summed E-state index contributed by atoms with van der Waals surface area (Å²) in [5.41, 5.74) is 1.60. The monoisotopic (exact) mass is 481 g/mol. The lowest BCUT2D eigenvalue weighted by molar-refractivity contribution is -0.136. The Labute approximate surface area is 203 Å². The van der Waals surface area contributed by atoms with Crippen molar-refractivity contribution >= 4 is 29.9 Å². The first-order chi connectivity index (χ1) is 15.3. The Morgan fingerprint density at radius 2 is 1.82 bits per heavy atom. The van der Waals surface area contributed by atoms with Crippen molar-refractivity contribution in [2.24, 2.45) is 5.41 Å². The third kappa shape index (κ3) is 11.5. The smallest absolute Gasteiger partial charge is 0.407 e. The number of hydrogen-bond donors (Lipinski definition) is 2. The van der Waals surface area contributed by atoms with Gasteiger partial charge in [-0.1, -0.05) is 38.4 Å². The van der Waals surface area contributed by atoms with E-state index in [1.54, 1.807) is 4.90 Å². The van der Waals surface area contributed by atoms with Gasteiger partial charge in [0.15, 0.2) is 0 Å². The van der Waals surface area contributed by atoms with Gasteiger partial charge in [-0.15, -0.1) is 0 Å². The van der Waals surface area contributed by atoms with Crippen LogP contribution in [-0.2, 0) is 27.4 Å². The average Bonchev–Trinajstić information content (AvgIpc) is 3.14. The number of ether oxygens (including phenoxy) is 1. The van der Waals surface area contributed by atoms with Gasteiger partial charge >= 0.3 is 6.09 Å². The minimum Gasteiger partial charge on any atom is -0.444 e. The summed E-state index contributed by atoms with van der Waals surface area (Å²) in [6, 6.07) is 5.45. The largest absolute Gasteiger partial charge is 0.444 e. The molecule has 33 heavy (non-hydrogen) atoms. The van der Waals surface area contributed by atoms with Crippen LogP contribution < -0.4 is 10.6 Å². The van der Waals surface area contributed by atoms with Crippen molar-refractivity contribution in [1.82, 2.24) is 15.5 Å². The first-order valence-electron chi connectivity index (χ1n) is 11.4. The van der Waals surface area contributed by atoms with Crippen LogP contribution in [-0.4, -0.2) is 48.4 Å². The molecule has 2 N–H and O–H groups in total. The van der Waals surface area contributed by atoms with Crippen LogP contribution in [0.4, 0.5) is 4.79 Å². The molecule has 0 spiro atoms. The molecule has 0 aromatic heterocycles. The second kappa shape index (κ2) is 12.9. The number of carbonyl (C=O) groups excluding carboxylic acids is 3. The molecular weight excluding hydrogens is 442 g/mol. The summed E-state index contributed by atoms with van der Waals surface area (Å²) in [6.45, 7) is 13.5. The zero-order valence-electron chi connectivity index (χ0n) is 21.1. The van der Waals surface area contributed by atoms with Gasteiger partial charge < -0.3 is 25.1 Å². The van der Waals surface area contributed by atoms with E-state index in [9.17, 15) is 14.4 Å². The van der Waals surface area contributed by atoms with Crippen molar-refractivity contribution in [3.05, 3.63) is 34.3 Å². The highest BCUT2D eigenvalue weighted by Crippen LogP contribution is 2.24. The summed E-state index contributed by atoms with van der Waals surface area (Å²) >= 11 is 5.96. The molecular formula is C25H40ClN3O4. The highest BCUT2D eigenvalue weighted by molar-refractivity contribution is 6.30. The van der Waals surface area contributed by atoms with Gasteiger partial charge in [0.1, 0.15) is 11.9 Å². The van der Waals surface area contributed by atoms with Gasteiger partial charge in [0, 0.05) is 31.1 Å². The van der Waals surface area contributed by atoms with Gasteiger partial charge in [0.25, 0.3) is 0 Å². The Hall–Kier alpha value is -2.12. The van der Waals surface area contributed by atoms with Gasteiger partial charge in [-0.3, -0.25) is 4.79 Å². The van der Waals surface area contributed by atoms with Crippen molar-refractivity contribution in [2.45, 2.75) is 85.5 Å². The number of hydrogen-bond acceptors (Lipinski definition) is 5. The normalized spacial score (nSPS) is 16.0. The number of nitrogens with zero attached hydrogens (tertiary/aromatic N) is 1. The van der Waals surface area contributed by atoms with Crippen molar-refractivity contribution in [1.29, 1.82) is 0 Å². The fourth-order valence-electron chi connectivity index (χ4n) is 3.40. The molecule has 0 radical (unpaired) electrons. The van der Waals surface area contributed by atoms with E-state index in [1.165, 1.54) is 0 Å². The van der Waals surface area contributed by atoms with Gasteiger partial charge in [0.2, 0.25) is 5.91 Å². The molecule has 1 unspecified atom stereocenters. The Morgan fingerprint density at radius 1 is 1.15 bits per heavy atom. The first kappa shape index (κ1) is 28.9. The molecule has 1 aromatic rings. The van der Waals surface area contributed by atoms with Crippen LogP contribution >= 0.6 is 11.6 Å². The molecule has 1 atom stereocenters. The maximum absolute atomic E-state index is 11.8. The zero-order valence-corrected chi connectivity index (χ0v) is 21.8. The molecule has 0 aliphatic carbocycles. The van der Waals surface area contributed by atoms with Crippen LogP contribution in [0.15, 0.2) is 18.2 Å². The number of halogens is 1. The summed E-state index contributed by atoms with van der Waals surface area (Å²) in [5.74, 6) is 0.118.